The molecule has 0 fully saturated rings. The number of esters is 1. The minimum atomic E-state index is -0.513. The highest BCUT2D eigenvalue weighted by Crippen LogP contribution is 2.34. The molecule has 0 radical (unpaired) electrons. The van der Waals surface area contributed by atoms with Gasteiger partial charge in [0, 0.05) is 42.4 Å². The molecule has 4 rings (SSSR count). The van der Waals surface area contributed by atoms with E-state index in [1.807, 2.05) is 46.8 Å². The van der Waals surface area contributed by atoms with Gasteiger partial charge in [0.25, 0.3) is 5.91 Å². The third-order valence-electron chi connectivity index (χ3n) is 5.58. The van der Waals surface area contributed by atoms with Gasteiger partial charge in [-0.3, -0.25) is 9.69 Å². The van der Waals surface area contributed by atoms with E-state index in [9.17, 15) is 19.2 Å². The van der Waals surface area contributed by atoms with E-state index in [0.29, 0.717) is 28.9 Å². The van der Waals surface area contributed by atoms with Gasteiger partial charge in [0.2, 0.25) is 0 Å². The lowest BCUT2D eigenvalue weighted by molar-refractivity contribution is 0.0600. The van der Waals surface area contributed by atoms with Gasteiger partial charge in [-0.25, -0.2) is 14.4 Å². The second-order valence-electron chi connectivity index (χ2n) is 7.50. The summed E-state index contributed by atoms with van der Waals surface area (Å²) in [6.45, 7) is 0.566. The molecule has 1 aliphatic rings. The Kier molecular flexibility index (Phi) is 6.18. The molecule has 0 bridgehead atoms. The molecular formula is C26H20N2O5. The van der Waals surface area contributed by atoms with Crippen molar-refractivity contribution >= 4 is 35.0 Å². The highest BCUT2D eigenvalue weighted by atomic mass is 16.5. The monoisotopic (exact) mass is 440 g/mol. The van der Waals surface area contributed by atoms with E-state index in [1.165, 1.54) is 36.3 Å². The first-order valence-corrected chi connectivity index (χ1v) is 10.3. The van der Waals surface area contributed by atoms with E-state index < -0.39 is 11.9 Å². The molecule has 33 heavy (non-hydrogen) atoms. The average molecular weight is 440 g/mol. The summed E-state index contributed by atoms with van der Waals surface area (Å²) in [4.78, 5) is 50.2. The molecule has 1 aromatic heterocycles. The minimum Gasteiger partial charge on any atom is -0.465 e. The van der Waals surface area contributed by atoms with Crippen LogP contribution in [0.1, 0.15) is 44.0 Å². The Morgan fingerprint density at radius 2 is 1.64 bits per heavy atom. The number of hydrogen-bond acceptors (Lipinski definition) is 5. The molecule has 1 aliphatic heterocycles. The van der Waals surface area contributed by atoms with Crippen molar-refractivity contribution in [3.8, 4) is 0 Å². The maximum atomic E-state index is 13.4. The summed E-state index contributed by atoms with van der Waals surface area (Å²) < 4.78 is 6.52. The minimum absolute atomic E-state index is 0.0539. The zero-order valence-corrected chi connectivity index (χ0v) is 17.9. The number of benzene rings is 2. The van der Waals surface area contributed by atoms with Gasteiger partial charge in [-0.15, -0.1) is 0 Å². The zero-order chi connectivity index (χ0) is 23.4. The Balaban J connectivity index is 1.75. The van der Waals surface area contributed by atoms with Gasteiger partial charge in [-0.05, 0) is 35.9 Å². The number of carbonyl (C=O) groups excluding carboxylic acids is 4. The average Bonchev–Trinajstić information content (AvgIpc) is 3.18. The molecule has 164 valence electrons. The first-order chi connectivity index (χ1) is 16.1. The smallest absolute Gasteiger partial charge is 0.337 e. The third kappa shape index (κ3) is 4.19. The van der Waals surface area contributed by atoms with Gasteiger partial charge in [-0.1, -0.05) is 30.3 Å². The van der Waals surface area contributed by atoms with Crippen molar-refractivity contribution in [1.29, 1.82) is 0 Å². The topological polar surface area (TPSA) is 85.7 Å². The van der Waals surface area contributed by atoms with E-state index in [4.69, 9.17) is 0 Å². The fourth-order valence-electron chi connectivity index (χ4n) is 3.92. The van der Waals surface area contributed by atoms with E-state index in [-0.39, 0.29) is 24.2 Å². The second kappa shape index (κ2) is 9.37. The predicted octanol–water partition coefficient (Wildman–Crippen LogP) is 3.26. The van der Waals surface area contributed by atoms with E-state index in [1.54, 1.807) is 12.3 Å². The van der Waals surface area contributed by atoms with Gasteiger partial charge >= 0.3 is 5.97 Å². The molecule has 2 aromatic carbocycles. The van der Waals surface area contributed by atoms with Crippen LogP contribution < -0.4 is 0 Å². The summed E-state index contributed by atoms with van der Waals surface area (Å²) in [5.41, 5.74) is 3.05. The number of fused-ring (bicyclic) bond motifs is 1. The van der Waals surface area contributed by atoms with Crippen molar-refractivity contribution in [3.63, 3.8) is 0 Å². The van der Waals surface area contributed by atoms with Crippen LogP contribution >= 0.6 is 0 Å². The van der Waals surface area contributed by atoms with Crippen LogP contribution in [-0.2, 0) is 20.9 Å². The van der Waals surface area contributed by atoms with Crippen LogP contribution in [0, 0.1) is 0 Å². The first-order valence-electron chi connectivity index (χ1n) is 10.3. The fourth-order valence-corrected chi connectivity index (χ4v) is 3.92. The zero-order valence-electron chi connectivity index (χ0n) is 17.9. The molecule has 0 spiro atoms. The van der Waals surface area contributed by atoms with E-state index >= 15 is 0 Å². The molecule has 0 unspecified atom stereocenters. The lowest BCUT2D eigenvalue weighted by Crippen LogP contribution is -2.31. The molecule has 0 aliphatic carbocycles. The number of nitrogens with zero attached hydrogens (tertiary/aromatic N) is 2. The Bertz CT molecular complexity index is 1310. The molecule has 7 heteroatoms. The number of rotatable bonds is 4. The SMILES string of the molecule is COC(=O)c1ccc(C(=O)N2CCC(=C=O)c3ccn(Cc4ccccc4)c3C2=C=O)cc1. The van der Waals surface area contributed by atoms with Crippen LogP contribution in [0.3, 0.4) is 0 Å². The molecule has 0 N–H and O–H groups in total. The lowest BCUT2D eigenvalue weighted by Gasteiger charge is -2.22. The molecular weight excluding hydrogens is 420 g/mol. The Hall–Kier alpha value is -4.44. The van der Waals surface area contributed by atoms with Crippen molar-refractivity contribution < 1.29 is 23.9 Å². The maximum absolute atomic E-state index is 13.4. The van der Waals surface area contributed by atoms with Crippen molar-refractivity contribution in [2.45, 2.75) is 13.0 Å². The van der Waals surface area contributed by atoms with E-state index in [2.05, 4.69) is 4.74 Å². The standard InChI is InChI=1S/C26H20N2O5/c1-33-26(32)20-9-7-19(8-10-20)25(31)28-14-11-21(16-29)22-12-13-27(24(22)23(28)17-30)15-18-5-3-2-4-6-18/h2-10,12-13H,11,14-15H2,1H3. The van der Waals surface area contributed by atoms with Crippen LogP contribution in [0.15, 0.2) is 66.9 Å². The van der Waals surface area contributed by atoms with Crippen LogP contribution in [0.2, 0.25) is 0 Å². The van der Waals surface area contributed by atoms with E-state index in [0.717, 1.165) is 5.56 Å². The lowest BCUT2D eigenvalue weighted by atomic mass is 10.1. The largest absolute Gasteiger partial charge is 0.465 e. The summed E-state index contributed by atoms with van der Waals surface area (Å²) in [6, 6.07) is 17.4. The van der Waals surface area contributed by atoms with Crippen molar-refractivity contribution in [2.24, 2.45) is 0 Å². The molecule has 0 saturated heterocycles. The highest BCUT2D eigenvalue weighted by molar-refractivity contribution is 6.07. The fraction of sp³-hybridized carbons (Fsp3) is 0.154. The molecule has 7 nitrogen and oxygen atoms in total. The number of ether oxygens (including phenoxy) is 1. The Morgan fingerprint density at radius 3 is 2.27 bits per heavy atom. The predicted molar refractivity (Wildman–Crippen MR) is 122 cm³/mol. The second-order valence-corrected chi connectivity index (χ2v) is 7.50. The first kappa shape index (κ1) is 21.8. The highest BCUT2D eigenvalue weighted by Gasteiger charge is 2.31. The van der Waals surface area contributed by atoms with Crippen molar-refractivity contribution in [1.82, 2.24) is 9.47 Å². The maximum Gasteiger partial charge on any atom is 0.337 e. The van der Waals surface area contributed by atoms with Crippen LogP contribution in [0.4, 0.5) is 0 Å². The van der Waals surface area contributed by atoms with Gasteiger partial charge in [0.05, 0.1) is 18.4 Å². The Morgan fingerprint density at radius 1 is 0.939 bits per heavy atom. The van der Waals surface area contributed by atoms with Gasteiger partial charge < -0.3 is 9.30 Å². The van der Waals surface area contributed by atoms with Gasteiger partial charge in [0.1, 0.15) is 5.94 Å². The molecule has 2 heterocycles. The van der Waals surface area contributed by atoms with Crippen LogP contribution in [-0.4, -0.2) is 46.9 Å². The summed E-state index contributed by atoms with van der Waals surface area (Å²) in [7, 11) is 1.28. The molecule has 1 amide bonds. The number of methoxy groups -OCH3 is 1. The van der Waals surface area contributed by atoms with Crippen LogP contribution in [0.25, 0.3) is 11.3 Å². The normalized spacial score (nSPS) is 12.9. The summed E-state index contributed by atoms with van der Waals surface area (Å²) in [6.07, 6.45) is 2.02. The number of hydrogen-bond donors (Lipinski definition) is 0. The summed E-state index contributed by atoms with van der Waals surface area (Å²) >= 11 is 0. The quantitative estimate of drug-likeness (QED) is 0.459. The molecule has 0 atom stereocenters. The van der Waals surface area contributed by atoms with Crippen LogP contribution in [0.5, 0.6) is 0 Å². The molecule has 3 aromatic rings. The van der Waals surface area contributed by atoms with Gasteiger partial charge in [0.15, 0.2) is 11.6 Å². The summed E-state index contributed by atoms with van der Waals surface area (Å²) in [5.74, 6) is 2.95. The van der Waals surface area contributed by atoms with Gasteiger partial charge in [-0.2, -0.15) is 0 Å². The van der Waals surface area contributed by atoms with Crippen molar-refractivity contribution in [3.05, 3.63) is 94.8 Å². The number of amides is 1. The molecule has 0 saturated carbocycles. The third-order valence-corrected chi connectivity index (χ3v) is 5.58. The Labute approximate surface area is 190 Å². The summed E-state index contributed by atoms with van der Waals surface area (Å²) in [5, 5.41) is 0. The van der Waals surface area contributed by atoms with Crippen molar-refractivity contribution in [2.75, 3.05) is 13.7 Å². The number of aromatic nitrogens is 1. The number of carbonyl (C=O) groups is 2.